The zero-order chi connectivity index (χ0) is 59.1. The van der Waals surface area contributed by atoms with Crippen LogP contribution in [0, 0.1) is 0 Å². The van der Waals surface area contributed by atoms with E-state index in [1.807, 2.05) is 0 Å². The van der Waals surface area contributed by atoms with E-state index in [2.05, 4.69) is 135 Å². The third-order valence-corrected chi connectivity index (χ3v) is 15.2. The van der Waals surface area contributed by atoms with Crippen molar-refractivity contribution in [3.63, 3.8) is 0 Å². The van der Waals surface area contributed by atoms with Crippen LogP contribution in [0.1, 0.15) is 335 Å². The third-order valence-electron chi connectivity index (χ3n) is 15.2. The quantitative estimate of drug-likeness (QED) is 0.0373. The van der Waals surface area contributed by atoms with Crippen molar-refractivity contribution in [3.05, 3.63) is 122 Å². The maximum atomic E-state index is 12.4. The first-order valence-corrected chi connectivity index (χ1v) is 35.1. The summed E-state index contributed by atoms with van der Waals surface area (Å²) >= 11 is 0. The number of hydrogen-bond acceptors (Lipinski definition) is 5. The van der Waals surface area contributed by atoms with Gasteiger partial charge in [0.05, 0.1) is 6.61 Å². The Labute approximate surface area is 509 Å². The molecule has 82 heavy (non-hydrogen) atoms. The van der Waals surface area contributed by atoms with E-state index in [1.165, 1.54) is 205 Å². The van der Waals surface area contributed by atoms with Crippen LogP contribution in [0.15, 0.2) is 122 Å². The first-order chi connectivity index (χ1) is 40.6. The van der Waals surface area contributed by atoms with Crippen LogP contribution in [0.3, 0.4) is 0 Å². The fraction of sp³-hybridized carbons (Fsp3) is 0.714. The smallest absolute Gasteiger partial charge is 0.306 e. The highest BCUT2D eigenvalue weighted by molar-refractivity contribution is 5.70. The predicted octanol–water partition coefficient (Wildman–Crippen LogP) is 24.5. The molecule has 0 fully saturated rings. The maximum Gasteiger partial charge on any atom is 0.306 e. The van der Waals surface area contributed by atoms with Crippen molar-refractivity contribution in [1.82, 2.24) is 0 Å². The van der Waals surface area contributed by atoms with E-state index in [0.29, 0.717) is 12.8 Å². The number of aliphatic hydroxyl groups excluding tert-OH is 1. The van der Waals surface area contributed by atoms with Gasteiger partial charge in [0.2, 0.25) is 0 Å². The molecule has 0 radical (unpaired) electrons. The van der Waals surface area contributed by atoms with Crippen LogP contribution in [0.5, 0.6) is 0 Å². The van der Waals surface area contributed by atoms with Crippen molar-refractivity contribution >= 4 is 11.9 Å². The lowest BCUT2D eigenvalue weighted by atomic mass is 10.0. The monoisotopic (exact) mass is 1140 g/mol. The van der Waals surface area contributed by atoms with Crippen molar-refractivity contribution in [3.8, 4) is 0 Å². The van der Waals surface area contributed by atoms with Crippen LogP contribution in [0.25, 0.3) is 0 Å². The fourth-order valence-corrected chi connectivity index (χ4v) is 10.0. The lowest BCUT2D eigenvalue weighted by Crippen LogP contribution is -2.28. The number of esters is 2. The van der Waals surface area contributed by atoms with E-state index in [1.54, 1.807) is 0 Å². The highest BCUT2D eigenvalue weighted by Crippen LogP contribution is 2.17. The summed E-state index contributed by atoms with van der Waals surface area (Å²) < 4.78 is 10.8. The zero-order valence-electron chi connectivity index (χ0n) is 54.0. The molecule has 1 N–H and O–H groups in total. The first kappa shape index (κ1) is 78.3. The average molecular weight is 1140 g/mol. The Hall–Kier alpha value is -3.70. The molecule has 0 aromatic rings. The van der Waals surface area contributed by atoms with Crippen LogP contribution in [0.2, 0.25) is 0 Å². The van der Waals surface area contributed by atoms with E-state index in [9.17, 15) is 14.7 Å². The second-order valence-corrected chi connectivity index (χ2v) is 23.2. The fourth-order valence-electron chi connectivity index (χ4n) is 10.0. The summed E-state index contributed by atoms with van der Waals surface area (Å²) in [6, 6.07) is 0. The van der Waals surface area contributed by atoms with Crippen LogP contribution >= 0.6 is 0 Å². The van der Waals surface area contributed by atoms with E-state index in [-0.39, 0.29) is 25.2 Å². The summed E-state index contributed by atoms with van der Waals surface area (Å²) in [6.07, 6.45) is 105. The highest BCUT2D eigenvalue weighted by atomic mass is 16.6. The molecule has 0 aliphatic heterocycles. The molecule has 0 saturated carbocycles. The lowest BCUT2D eigenvalue weighted by Gasteiger charge is -2.15. The minimum atomic E-state index is -0.786. The van der Waals surface area contributed by atoms with Crippen LogP contribution in [-0.2, 0) is 19.1 Å². The van der Waals surface area contributed by atoms with Crippen LogP contribution in [-0.4, -0.2) is 36.4 Å². The van der Waals surface area contributed by atoms with Crippen LogP contribution in [0.4, 0.5) is 0 Å². The molecule has 0 aromatic heterocycles. The van der Waals surface area contributed by atoms with Gasteiger partial charge in [-0.3, -0.25) is 9.59 Å². The largest absolute Gasteiger partial charge is 0.462 e. The SMILES string of the molecule is CC/C=C\C/C=C\C/C=C\C/C=C\C/C=C\C/C=C\C/C=C\C/C=C\C/C=C\CCCCCCCCCC(=O)OC(CO)COC(=O)CCCCCCCCCCCCCCCCCCCCCCC/C=C\CCCCCCCCCC. The summed E-state index contributed by atoms with van der Waals surface area (Å²) in [7, 11) is 0. The van der Waals surface area contributed by atoms with E-state index >= 15 is 0 Å². The van der Waals surface area contributed by atoms with Gasteiger partial charge in [0, 0.05) is 12.8 Å². The minimum Gasteiger partial charge on any atom is -0.462 e. The molecule has 0 saturated heterocycles. The summed E-state index contributed by atoms with van der Waals surface area (Å²) in [5, 5.41) is 9.70. The number of ether oxygens (including phenoxy) is 2. The normalized spacial score (nSPS) is 13.0. The van der Waals surface area contributed by atoms with Gasteiger partial charge in [-0.15, -0.1) is 0 Å². The number of allylic oxidation sites excluding steroid dienone is 20. The number of carbonyl (C=O) groups is 2. The van der Waals surface area contributed by atoms with E-state index < -0.39 is 6.10 Å². The molecule has 5 heteroatoms. The molecule has 0 heterocycles. The summed E-state index contributed by atoms with van der Waals surface area (Å²) in [5.41, 5.74) is 0. The number of unbranched alkanes of at least 4 members (excludes halogenated alkanes) is 36. The topological polar surface area (TPSA) is 72.8 Å². The van der Waals surface area contributed by atoms with Crippen molar-refractivity contribution in [2.45, 2.75) is 341 Å². The van der Waals surface area contributed by atoms with Crippen LogP contribution < -0.4 is 0 Å². The highest BCUT2D eigenvalue weighted by Gasteiger charge is 2.16. The van der Waals surface area contributed by atoms with E-state index in [4.69, 9.17) is 9.47 Å². The molecule has 0 aromatic carbocycles. The van der Waals surface area contributed by atoms with Crippen molar-refractivity contribution in [2.24, 2.45) is 0 Å². The van der Waals surface area contributed by atoms with E-state index in [0.717, 1.165) is 103 Å². The van der Waals surface area contributed by atoms with Gasteiger partial charge in [-0.1, -0.05) is 334 Å². The molecule has 1 atom stereocenters. The predicted molar refractivity (Wildman–Crippen MR) is 362 cm³/mol. The Bertz CT molecular complexity index is 1620. The Morgan fingerprint density at radius 3 is 0.805 bits per heavy atom. The molecule has 0 aliphatic carbocycles. The second-order valence-electron chi connectivity index (χ2n) is 23.2. The Balaban J connectivity index is 3.51. The van der Waals surface area contributed by atoms with Gasteiger partial charge in [-0.25, -0.2) is 0 Å². The standard InChI is InChI=1S/C77H132O5/c1-3-5-7-9-11-13-15-17-19-21-23-25-27-29-31-33-35-37-38-40-42-44-46-48-50-52-54-56-58-60-62-64-66-68-70-72-77(80)82-75(73-78)74-81-76(79)71-69-67-65-63-61-59-57-55-53-51-49-47-45-43-41-39-36-34-32-30-28-26-24-22-20-18-16-14-12-10-8-6-4-2/h5,7,11,13,17,19,22-25,29,31,35,37,40,42,46,48,52,54,75,78H,3-4,6,8-10,12,14-16,18,20-21,26-28,30,32-34,36,38-39,41,43-45,47,49-51,53,55-74H2,1-2H3/b7-5-,13-11-,19-17-,24-22-,25-23-,31-29-,37-35-,42-40-,48-46-,54-52-. The second kappa shape index (κ2) is 71.6. The molecule has 470 valence electrons. The Kier molecular flexibility index (Phi) is 68.3. The molecular weight excluding hydrogens is 1000 g/mol. The molecule has 1 unspecified atom stereocenters. The molecule has 0 rings (SSSR count). The maximum absolute atomic E-state index is 12.4. The van der Waals surface area contributed by atoms with Crippen molar-refractivity contribution in [1.29, 1.82) is 0 Å². The van der Waals surface area contributed by atoms with Gasteiger partial charge in [-0.05, 0) is 109 Å². The summed E-state index contributed by atoms with van der Waals surface area (Å²) in [5.74, 6) is -0.597. The molecular formula is C77H132O5. The van der Waals surface area contributed by atoms with Gasteiger partial charge >= 0.3 is 11.9 Å². The summed E-state index contributed by atoms with van der Waals surface area (Å²) in [6.45, 7) is 4.05. The van der Waals surface area contributed by atoms with Gasteiger partial charge in [0.1, 0.15) is 6.61 Å². The van der Waals surface area contributed by atoms with Crippen molar-refractivity contribution < 1.29 is 24.2 Å². The lowest BCUT2D eigenvalue weighted by molar-refractivity contribution is -0.161. The number of aliphatic hydroxyl groups is 1. The minimum absolute atomic E-state index is 0.0737. The van der Waals surface area contributed by atoms with Gasteiger partial charge in [0.25, 0.3) is 0 Å². The third kappa shape index (κ3) is 68.8. The molecule has 0 amide bonds. The first-order valence-electron chi connectivity index (χ1n) is 35.1. The molecule has 5 nitrogen and oxygen atoms in total. The Morgan fingerprint density at radius 1 is 0.293 bits per heavy atom. The molecule has 0 spiro atoms. The molecule has 0 aliphatic rings. The van der Waals surface area contributed by atoms with Gasteiger partial charge in [-0.2, -0.15) is 0 Å². The van der Waals surface area contributed by atoms with Crippen molar-refractivity contribution in [2.75, 3.05) is 13.2 Å². The number of hydrogen-bond donors (Lipinski definition) is 1. The number of rotatable bonds is 64. The number of carbonyl (C=O) groups excluding carboxylic acids is 2. The zero-order valence-corrected chi connectivity index (χ0v) is 54.0. The summed E-state index contributed by atoms with van der Waals surface area (Å²) in [4.78, 5) is 24.7. The average Bonchev–Trinajstić information content (AvgIpc) is 3.49. The Morgan fingerprint density at radius 2 is 0.524 bits per heavy atom. The molecule has 0 bridgehead atoms. The van der Waals surface area contributed by atoms with Gasteiger partial charge < -0.3 is 14.6 Å². The van der Waals surface area contributed by atoms with Gasteiger partial charge in [0.15, 0.2) is 6.10 Å².